The number of rotatable bonds is 1. The van der Waals surface area contributed by atoms with Crippen LogP contribution in [0.5, 0.6) is 0 Å². The Bertz CT molecular complexity index is 737. The van der Waals surface area contributed by atoms with Crippen LogP contribution in [-0.2, 0) is 9.12 Å². The molecule has 2 nitrogen and oxygen atoms in total. The molecular formula is C14H7BrCl2FNO. The highest BCUT2D eigenvalue weighted by molar-refractivity contribution is 9.10. The molecule has 1 atom stereocenters. The molecular weight excluding hydrogens is 368 g/mol. The zero-order valence-electron chi connectivity index (χ0n) is 9.88. The van der Waals surface area contributed by atoms with Gasteiger partial charge in [0.15, 0.2) is 4.32 Å². The standard InChI is InChI=1S/C14H7BrCl2FNO/c15-14(8-3-1-2-4-10(8)17)9-5-7(16)6-11(18)12(9)19-13(14)20/h1-6H,(H,19,20). The van der Waals surface area contributed by atoms with Gasteiger partial charge in [0.1, 0.15) is 5.82 Å². The summed E-state index contributed by atoms with van der Waals surface area (Å²) in [4.78, 5) is 12.3. The third kappa shape index (κ3) is 1.86. The van der Waals surface area contributed by atoms with Gasteiger partial charge in [-0.05, 0) is 18.2 Å². The Hall–Kier alpha value is -1.10. The third-order valence-electron chi connectivity index (χ3n) is 3.22. The average Bonchev–Trinajstić information content (AvgIpc) is 2.65. The van der Waals surface area contributed by atoms with E-state index in [9.17, 15) is 9.18 Å². The molecule has 1 aliphatic heterocycles. The summed E-state index contributed by atoms with van der Waals surface area (Å²) in [5, 5.41) is 3.16. The van der Waals surface area contributed by atoms with Gasteiger partial charge in [0.25, 0.3) is 5.91 Å². The topological polar surface area (TPSA) is 29.1 Å². The fourth-order valence-electron chi connectivity index (χ4n) is 2.30. The predicted molar refractivity (Wildman–Crippen MR) is 81.2 cm³/mol. The van der Waals surface area contributed by atoms with Crippen molar-refractivity contribution in [3.63, 3.8) is 0 Å². The maximum atomic E-state index is 13.9. The number of halogens is 4. The minimum Gasteiger partial charge on any atom is -0.321 e. The molecule has 1 N–H and O–H groups in total. The van der Waals surface area contributed by atoms with Crippen LogP contribution in [0.3, 0.4) is 0 Å². The third-order valence-corrected chi connectivity index (χ3v) is 4.98. The van der Waals surface area contributed by atoms with Crippen LogP contribution in [0.1, 0.15) is 11.1 Å². The van der Waals surface area contributed by atoms with Gasteiger partial charge < -0.3 is 5.32 Å². The number of carbonyl (C=O) groups is 1. The summed E-state index contributed by atoms with van der Waals surface area (Å²) in [5.41, 5.74) is 1.08. The molecule has 1 unspecified atom stereocenters. The maximum Gasteiger partial charge on any atom is 0.250 e. The molecule has 102 valence electrons. The summed E-state index contributed by atoms with van der Waals surface area (Å²) in [6, 6.07) is 9.61. The molecule has 2 aromatic carbocycles. The predicted octanol–water partition coefficient (Wildman–Crippen LogP) is 4.72. The lowest BCUT2D eigenvalue weighted by molar-refractivity contribution is -0.116. The van der Waals surface area contributed by atoms with E-state index in [0.29, 0.717) is 16.1 Å². The maximum absolute atomic E-state index is 13.9. The van der Waals surface area contributed by atoms with Crippen LogP contribution in [0.4, 0.5) is 10.1 Å². The molecule has 6 heteroatoms. The Kier molecular flexibility index (Phi) is 3.27. The summed E-state index contributed by atoms with van der Waals surface area (Å²) in [7, 11) is 0. The molecule has 1 heterocycles. The monoisotopic (exact) mass is 373 g/mol. The molecule has 0 saturated carbocycles. The highest BCUT2D eigenvalue weighted by atomic mass is 79.9. The summed E-state index contributed by atoms with van der Waals surface area (Å²) < 4.78 is 12.7. The zero-order valence-corrected chi connectivity index (χ0v) is 13.0. The highest BCUT2D eigenvalue weighted by Crippen LogP contribution is 2.50. The molecule has 0 fully saturated rings. The molecule has 20 heavy (non-hydrogen) atoms. The molecule has 0 spiro atoms. The van der Waals surface area contributed by atoms with E-state index in [1.54, 1.807) is 30.3 Å². The van der Waals surface area contributed by atoms with Gasteiger partial charge in [0, 0.05) is 21.2 Å². The van der Waals surface area contributed by atoms with Gasteiger partial charge in [-0.1, -0.05) is 57.3 Å². The van der Waals surface area contributed by atoms with Crippen LogP contribution in [0.25, 0.3) is 0 Å². The van der Waals surface area contributed by atoms with Gasteiger partial charge in [-0.2, -0.15) is 0 Å². The largest absolute Gasteiger partial charge is 0.321 e. The molecule has 0 aromatic heterocycles. The van der Waals surface area contributed by atoms with Gasteiger partial charge in [-0.15, -0.1) is 0 Å². The molecule has 0 aliphatic carbocycles. The Morgan fingerprint density at radius 2 is 1.85 bits per heavy atom. The number of nitrogens with one attached hydrogen (secondary N) is 1. The minimum absolute atomic E-state index is 0.121. The number of anilines is 1. The van der Waals surface area contributed by atoms with E-state index < -0.39 is 16.0 Å². The number of carbonyl (C=O) groups excluding carboxylic acids is 1. The highest BCUT2D eigenvalue weighted by Gasteiger charge is 2.48. The molecule has 0 radical (unpaired) electrons. The molecule has 0 bridgehead atoms. The van der Waals surface area contributed by atoms with Crippen molar-refractivity contribution >= 4 is 50.7 Å². The van der Waals surface area contributed by atoms with Crippen molar-refractivity contribution in [2.75, 3.05) is 5.32 Å². The van der Waals surface area contributed by atoms with E-state index in [1.807, 2.05) is 0 Å². The van der Waals surface area contributed by atoms with E-state index in [2.05, 4.69) is 21.2 Å². The molecule has 0 saturated heterocycles. The lowest BCUT2D eigenvalue weighted by Crippen LogP contribution is -2.29. The SMILES string of the molecule is O=C1Nc2c(F)cc(Cl)cc2C1(Br)c1ccccc1Cl. The number of hydrogen-bond acceptors (Lipinski definition) is 1. The smallest absolute Gasteiger partial charge is 0.250 e. The molecule has 2 aromatic rings. The van der Waals surface area contributed by atoms with E-state index in [0.717, 1.165) is 6.07 Å². The zero-order chi connectivity index (χ0) is 14.5. The van der Waals surface area contributed by atoms with Crippen LogP contribution < -0.4 is 5.32 Å². The summed E-state index contributed by atoms with van der Waals surface area (Å²) >= 11 is 15.5. The number of benzene rings is 2. The molecule has 1 aliphatic rings. The molecule has 1 amide bonds. The van der Waals surface area contributed by atoms with E-state index in [4.69, 9.17) is 23.2 Å². The second-order valence-corrected chi connectivity index (χ2v) is 6.44. The quantitative estimate of drug-likeness (QED) is 0.718. The van der Waals surface area contributed by atoms with Crippen LogP contribution >= 0.6 is 39.1 Å². The fourth-order valence-corrected chi connectivity index (χ4v) is 3.66. The number of fused-ring (bicyclic) bond motifs is 1. The molecule has 3 rings (SSSR count). The first kappa shape index (κ1) is 13.9. The summed E-state index contributed by atoms with van der Waals surface area (Å²) in [6.45, 7) is 0. The van der Waals surface area contributed by atoms with Gasteiger partial charge in [0.05, 0.1) is 5.69 Å². The first-order valence-corrected chi connectivity index (χ1v) is 7.24. The van der Waals surface area contributed by atoms with Crippen molar-refractivity contribution in [2.45, 2.75) is 4.32 Å². The second-order valence-electron chi connectivity index (χ2n) is 4.40. The van der Waals surface area contributed by atoms with Gasteiger partial charge >= 0.3 is 0 Å². The van der Waals surface area contributed by atoms with Gasteiger partial charge in [-0.3, -0.25) is 4.79 Å². The fraction of sp³-hybridized carbons (Fsp3) is 0.0714. The minimum atomic E-state index is -1.24. The summed E-state index contributed by atoms with van der Waals surface area (Å²) in [6.07, 6.45) is 0. The van der Waals surface area contributed by atoms with E-state index in [1.165, 1.54) is 0 Å². The van der Waals surface area contributed by atoms with Gasteiger partial charge in [0.2, 0.25) is 0 Å². The van der Waals surface area contributed by atoms with Crippen molar-refractivity contribution in [2.24, 2.45) is 0 Å². The van der Waals surface area contributed by atoms with Crippen molar-refractivity contribution in [1.29, 1.82) is 0 Å². The van der Waals surface area contributed by atoms with Crippen molar-refractivity contribution in [3.05, 3.63) is 63.4 Å². The van der Waals surface area contributed by atoms with Gasteiger partial charge in [-0.25, -0.2) is 4.39 Å². The second kappa shape index (κ2) is 4.72. The van der Waals surface area contributed by atoms with E-state index >= 15 is 0 Å². The first-order chi connectivity index (χ1) is 9.44. The first-order valence-electron chi connectivity index (χ1n) is 5.69. The van der Waals surface area contributed by atoms with Crippen LogP contribution in [-0.4, -0.2) is 5.91 Å². The Balaban J connectivity index is 2.32. The van der Waals surface area contributed by atoms with Crippen LogP contribution in [0, 0.1) is 5.82 Å². The summed E-state index contributed by atoms with van der Waals surface area (Å²) in [5.74, 6) is -0.976. The van der Waals surface area contributed by atoms with Crippen molar-refractivity contribution in [3.8, 4) is 0 Å². The van der Waals surface area contributed by atoms with Crippen molar-refractivity contribution in [1.82, 2.24) is 0 Å². The number of alkyl halides is 1. The Morgan fingerprint density at radius 1 is 1.15 bits per heavy atom. The Labute approximate surface area is 133 Å². The Morgan fingerprint density at radius 3 is 2.55 bits per heavy atom. The van der Waals surface area contributed by atoms with Crippen LogP contribution in [0.15, 0.2) is 36.4 Å². The van der Waals surface area contributed by atoms with E-state index in [-0.39, 0.29) is 10.7 Å². The van der Waals surface area contributed by atoms with Crippen molar-refractivity contribution < 1.29 is 9.18 Å². The number of amides is 1. The van der Waals surface area contributed by atoms with Crippen LogP contribution in [0.2, 0.25) is 10.0 Å². The number of hydrogen-bond donors (Lipinski definition) is 1. The lowest BCUT2D eigenvalue weighted by Gasteiger charge is -2.22. The lowest BCUT2D eigenvalue weighted by atomic mass is 9.92. The normalized spacial score (nSPS) is 20.7. The average molecular weight is 375 g/mol.